The Balaban J connectivity index is 1.50. The number of carbonyl (C=O) groups excluding carboxylic acids is 2. The van der Waals surface area contributed by atoms with Crippen LogP contribution >= 0.6 is 0 Å². The van der Waals surface area contributed by atoms with Gasteiger partial charge < -0.3 is 15.1 Å². The normalized spacial score (nSPS) is 14.1. The molecule has 1 N–H and O–H groups in total. The van der Waals surface area contributed by atoms with Crippen molar-refractivity contribution in [3.8, 4) is 0 Å². The molecule has 166 valence electrons. The largest absolute Gasteiger partial charge is 0.353 e. The van der Waals surface area contributed by atoms with Crippen molar-refractivity contribution in [2.24, 2.45) is 5.92 Å². The van der Waals surface area contributed by atoms with Crippen LogP contribution in [0.1, 0.15) is 47.3 Å². The van der Waals surface area contributed by atoms with Gasteiger partial charge in [-0.15, -0.1) is 0 Å². The number of hydrogen-bond donors (Lipinski definition) is 1. The molecule has 0 aliphatic carbocycles. The number of nitrogens with zero attached hydrogens (tertiary/aromatic N) is 3. The van der Waals surface area contributed by atoms with E-state index in [1.165, 1.54) is 11.1 Å². The predicted octanol–water partition coefficient (Wildman–Crippen LogP) is 3.37. The van der Waals surface area contributed by atoms with Gasteiger partial charge >= 0.3 is 0 Å². The fourth-order valence-electron chi connectivity index (χ4n) is 3.79. The molecule has 6 heteroatoms. The molecule has 0 radical (unpaired) electrons. The number of hydrogen-bond acceptors (Lipinski definition) is 4. The van der Waals surface area contributed by atoms with Crippen molar-refractivity contribution in [3.05, 3.63) is 58.8 Å². The van der Waals surface area contributed by atoms with Gasteiger partial charge in [-0.05, 0) is 49.4 Å². The average Bonchev–Trinajstić information content (AvgIpc) is 2.75. The summed E-state index contributed by atoms with van der Waals surface area (Å²) in [5.74, 6) is 1.50. The number of pyridine rings is 1. The van der Waals surface area contributed by atoms with E-state index in [1.807, 2.05) is 17.0 Å². The lowest BCUT2D eigenvalue weighted by molar-refractivity contribution is -0.130. The molecule has 1 aliphatic heterocycles. The lowest BCUT2D eigenvalue weighted by Gasteiger charge is -2.35. The Kier molecular flexibility index (Phi) is 7.66. The fourth-order valence-corrected chi connectivity index (χ4v) is 3.79. The number of carbonyl (C=O) groups is 2. The number of benzene rings is 1. The minimum absolute atomic E-state index is 0.0819. The van der Waals surface area contributed by atoms with Gasteiger partial charge in [0.15, 0.2) is 0 Å². The van der Waals surface area contributed by atoms with Gasteiger partial charge in [0.1, 0.15) is 5.82 Å². The smallest absolute Gasteiger partial charge is 0.252 e. The molecule has 0 unspecified atom stereocenters. The first kappa shape index (κ1) is 22.8. The van der Waals surface area contributed by atoms with Crippen LogP contribution in [0.3, 0.4) is 0 Å². The van der Waals surface area contributed by atoms with E-state index in [-0.39, 0.29) is 11.8 Å². The summed E-state index contributed by atoms with van der Waals surface area (Å²) in [5.41, 5.74) is 4.06. The van der Waals surface area contributed by atoms with E-state index in [1.54, 1.807) is 6.20 Å². The third kappa shape index (κ3) is 6.29. The van der Waals surface area contributed by atoms with Gasteiger partial charge in [-0.3, -0.25) is 9.59 Å². The third-order valence-electron chi connectivity index (χ3n) is 5.81. The Morgan fingerprint density at radius 1 is 1.06 bits per heavy atom. The van der Waals surface area contributed by atoms with Gasteiger partial charge in [0, 0.05) is 38.9 Å². The van der Waals surface area contributed by atoms with Crippen LogP contribution in [0, 0.1) is 19.8 Å². The number of amides is 2. The van der Waals surface area contributed by atoms with Crippen LogP contribution in [-0.4, -0.2) is 54.4 Å². The van der Waals surface area contributed by atoms with E-state index in [9.17, 15) is 9.59 Å². The summed E-state index contributed by atoms with van der Waals surface area (Å²) in [6.07, 6.45) is 3.05. The van der Waals surface area contributed by atoms with Crippen LogP contribution < -0.4 is 10.2 Å². The zero-order chi connectivity index (χ0) is 22.4. The van der Waals surface area contributed by atoms with Gasteiger partial charge in [-0.25, -0.2) is 4.98 Å². The maximum Gasteiger partial charge on any atom is 0.252 e. The second kappa shape index (κ2) is 10.4. The Morgan fingerprint density at radius 3 is 2.42 bits per heavy atom. The quantitative estimate of drug-likeness (QED) is 0.743. The van der Waals surface area contributed by atoms with Crippen molar-refractivity contribution >= 4 is 17.6 Å². The Morgan fingerprint density at radius 2 is 1.81 bits per heavy atom. The molecule has 2 aromatic rings. The van der Waals surface area contributed by atoms with Gasteiger partial charge in [-0.2, -0.15) is 0 Å². The highest BCUT2D eigenvalue weighted by atomic mass is 16.2. The SMILES string of the molecule is Cc1ccc(CC(=O)N2CCN(c3ccc(C(=O)NCCC(C)C)cn3)CC2)c(C)c1. The van der Waals surface area contributed by atoms with E-state index >= 15 is 0 Å². The van der Waals surface area contributed by atoms with Gasteiger partial charge in [-0.1, -0.05) is 37.6 Å². The van der Waals surface area contributed by atoms with E-state index < -0.39 is 0 Å². The van der Waals surface area contributed by atoms with Crippen molar-refractivity contribution in [1.82, 2.24) is 15.2 Å². The van der Waals surface area contributed by atoms with E-state index in [4.69, 9.17) is 0 Å². The lowest BCUT2D eigenvalue weighted by atomic mass is 10.0. The molecule has 0 spiro atoms. The minimum Gasteiger partial charge on any atom is -0.353 e. The summed E-state index contributed by atoms with van der Waals surface area (Å²) in [6.45, 7) is 11.9. The number of nitrogens with one attached hydrogen (secondary N) is 1. The topological polar surface area (TPSA) is 65.5 Å². The molecule has 0 saturated carbocycles. The molecule has 6 nitrogen and oxygen atoms in total. The molecule has 1 saturated heterocycles. The number of aromatic nitrogens is 1. The molecule has 2 heterocycles. The summed E-state index contributed by atoms with van der Waals surface area (Å²) >= 11 is 0. The summed E-state index contributed by atoms with van der Waals surface area (Å²) < 4.78 is 0. The lowest BCUT2D eigenvalue weighted by Crippen LogP contribution is -2.49. The van der Waals surface area contributed by atoms with E-state index in [0.717, 1.165) is 30.9 Å². The molecule has 1 aromatic carbocycles. The number of anilines is 1. The highest BCUT2D eigenvalue weighted by Crippen LogP contribution is 2.16. The fraction of sp³-hybridized carbons (Fsp3) is 0.480. The first-order valence-electron chi connectivity index (χ1n) is 11.2. The summed E-state index contributed by atoms with van der Waals surface area (Å²) in [5, 5.41) is 2.94. The molecular weight excluding hydrogens is 388 g/mol. The van der Waals surface area contributed by atoms with Crippen LogP contribution in [0.5, 0.6) is 0 Å². The summed E-state index contributed by atoms with van der Waals surface area (Å²) in [7, 11) is 0. The van der Waals surface area contributed by atoms with Crippen LogP contribution in [0.25, 0.3) is 0 Å². The first-order valence-corrected chi connectivity index (χ1v) is 11.2. The summed E-state index contributed by atoms with van der Waals surface area (Å²) in [4.78, 5) is 33.5. The minimum atomic E-state index is -0.0819. The second-order valence-corrected chi connectivity index (χ2v) is 8.82. The van der Waals surface area contributed by atoms with Gasteiger partial charge in [0.25, 0.3) is 5.91 Å². The van der Waals surface area contributed by atoms with Crippen LogP contribution in [0.2, 0.25) is 0 Å². The third-order valence-corrected chi connectivity index (χ3v) is 5.81. The number of aryl methyl sites for hydroxylation is 2. The molecule has 3 rings (SSSR count). The molecule has 31 heavy (non-hydrogen) atoms. The number of rotatable bonds is 7. The highest BCUT2D eigenvalue weighted by Gasteiger charge is 2.22. The molecule has 0 atom stereocenters. The Bertz CT molecular complexity index is 900. The van der Waals surface area contributed by atoms with Crippen molar-refractivity contribution < 1.29 is 9.59 Å². The Labute approximate surface area is 185 Å². The second-order valence-electron chi connectivity index (χ2n) is 8.82. The molecular formula is C25H34N4O2. The van der Waals surface area contributed by atoms with Crippen LogP contribution in [-0.2, 0) is 11.2 Å². The van der Waals surface area contributed by atoms with Crippen molar-refractivity contribution in [2.45, 2.75) is 40.5 Å². The monoisotopic (exact) mass is 422 g/mol. The molecule has 2 amide bonds. The van der Waals surface area contributed by atoms with Crippen molar-refractivity contribution in [3.63, 3.8) is 0 Å². The summed E-state index contributed by atoms with van der Waals surface area (Å²) in [6, 6.07) is 9.96. The average molecular weight is 423 g/mol. The predicted molar refractivity (Wildman–Crippen MR) is 124 cm³/mol. The zero-order valence-electron chi connectivity index (χ0n) is 19.1. The van der Waals surface area contributed by atoms with Crippen LogP contribution in [0.4, 0.5) is 5.82 Å². The highest BCUT2D eigenvalue weighted by molar-refractivity contribution is 5.94. The van der Waals surface area contributed by atoms with Crippen molar-refractivity contribution in [1.29, 1.82) is 0 Å². The maximum absolute atomic E-state index is 12.7. The van der Waals surface area contributed by atoms with Crippen molar-refractivity contribution in [2.75, 3.05) is 37.6 Å². The van der Waals surface area contributed by atoms with Gasteiger partial charge in [0.05, 0.1) is 12.0 Å². The maximum atomic E-state index is 12.7. The molecule has 1 aromatic heterocycles. The molecule has 1 fully saturated rings. The number of piperazine rings is 1. The molecule has 1 aliphatic rings. The van der Waals surface area contributed by atoms with E-state index in [2.05, 4.69) is 61.1 Å². The standard InChI is InChI=1S/C25H34N4O2/c1-18(2)9-10-26-25(31)22-7-8-23(27-17-22)28-11-13-29(14-12-28)24(30)16-21-6-5-19(3)15-20(21)4/h5-8,15,17-18H,9-14,16H2,1-4H3,(H,26,31). The molecule has 0 bridgehead atoms. The zero-order valence-corrected chi connectivity index (χ0v) is 19.1. The van der Waals surface area contributed by atoms with Crippen LogP contribution in [0.15, 0.2) is 36.5 Å². The Hall–Kier alpha value is -2.89. The first-order chi connectivity index (χ1) is 14.8. The van der Waals surface area contributed by atoms with E-state index in [0.29, 0.717) is 37.5 Å². The van der Waals surface area contributed by atoms with Gasteiger partial charge in [0.2, 0.25) is 5.91 Å².